The van der Waals surface area contributed by atoms with E-state index >= 15 is 0 Å². The minimum atomic E-state index is -3.98. The van der Waals surface area contributed by atoms with Gasteiger partial charge in [0.2, 0.25) is 6.79 Å². The summed E-state index contributed by atoms with van der Waals surface area (Å²) in [5, 5.41) is 10.3. The first-order valence-electron chi connectivity index (χ1n) is 17.1. The summed E-state index contributed by atoms with van der Waals surface area (Å²) >= 11 is 0. The summed E-state index contributed by atoms with van der Waals surface area (Å²) in [5.74, 6) is 1.87. The molecule has 0 aliphatic carbocycles. The monoisotopic (exact) mass is 711 g/mol. The number of aliphatic hydroxyl groups excluding tert-OH is 1. The lowest BCUT2D eigenvalue weighted by Gasteiger charge is -2.36. The maximum absolute atomic E-state index is 14.5. The first-order chi connectivity index (χ1) is 24.0. The van der Waals surface area contributed by atoms with Gasteiger partial charge in [0.25, 0.3) is 15.9 Å². The van der Waals surface area contributed by atoms with E-state index in [1.807, 2.05) is 39.1 Å². The van der Waals surface area contributed by atoms with E-state index in [2.05, 4.69) is 9.62 Å². The van der Waals surface area contributed by atoms with E-state index in [9.17, 15) is 18.3 Å². The van der Waals surface area contributed by atoms with Crippen LogP contribution in [0.1, 0.15) is 56.0 Å². The Kier molecular flexibility index (Phi) is 12.5. The van der Waals surface area contributed by atoms with E-state index in [0.29, 0.717) is 37.7 Å². The van der Waals surface area contributed by atoms with Gasteiger partial charge < -0.3 is 33.7 Å². The van der Waals surface area contributed by atoms with Crippen LogP contribution in [0.3, 0.4) is 0 Å². The summed E-state index contributed by atoms with van der Waals surface area (Å²) in [5.41, 5.74) is 1.50. The first-order valence-corrected chi connectivity index (χ1v) is 18.5. The van der Waals surface area contributed by atoms with Gasteiger partial charge in [-0.1, -0.05) is 13.0 Å². The summed E-state index contributed by atoms with van der Waals surface area (Å²) in [4.78, 5) is 18.3. The van der Waals surface area contributed by atoms with Crippen molar-refractivity contribution in [1.29, 1.82) is 0 Å². The number of aliphatic hydroxyl groups is 1. The van der Waals surface area contributed by atoms with Gasteiger partial charge in [-0.15, -0.1) is 0 Å². The van der Waals surface area contributed by atoms with Gasteiger partial charge in [0.15, 0.2) is 11.5 Å². The number of sulfonamides is 1. The zero-order chi connectivity index (χ0) is 35.8. The van der Waals surface area contributed by atoms with Gasteiger partial charge >= 0.3 is 0 Å². The third-order valence-corrected chi connectivity index (χ3v) is 10.5. The highest BCUT2D eigenvalue weighted by atomic mass is 32.2. The number of hydrogen-bond acceptors (Lipinski definition) is 10. The molecule has 0 bridgehead atoms. The molecule has 5 rings (SSSR count). The highest BCUT2D eigenvalue weighted by Gasteiger charge is 2.31. The number of nitrogens with zero attached hydrogens (tertiary/aromatic N) is 2. The van der Waals surface area contributed by atoms with Crippen molar-refractivity contribution in [3.8, 4) is 23.0 Å². The molecular formula is C37H49N3O9S. The van der Waals surface area contributed by atoms with E-state index in [1.165, 1.54) is 25.3 Å². The summed E-state index contributed by atoms with van der Waals surface area (Å²) in [6.07, 6.45) is 2.03. The molecule has 2 aliphatic heterocycles. The maximum atomic E-state index is 14.5. The van der Waals surface area contributed by atoms with Gasteiger partial charge in [0.05, 0.1) is 42.4 Å². The number of hydrogen-bond donors (Lipinski definition) is 2. The summed E-state index contributed by atoms with van der Waals surface area (Å²) < 4.78 is 58.2. The largest absolute Gasteiger partial charge is 0.497 e. The second-order valence-electron chi connectivity index (χ2n) is 13.2. The quantitative estimate of drug-likeness (QED) is 0.291. The average molecular weight is 712 g/mol. The number of carbonyl (C=O) groups is 1. The lowest BCUT2D eigenvalue weighted by atomic mass is 10.0. The van der Waals surface area contributed by atoms with Gasteiger partial charge in [-0.3, -0.25) is 14.4 Å². The van der Waals surface area contributed by atoms with Crippen molar-refractivity contribution in [2.75, 3.05) is 52.0 Å². The van der Waals surface area contributed by atoms with Crippen molar-refractivity contribution in [1.82, 2.24) is 9.80 Å². The summed E-state index contributed by atoms with van der Waals surface area (Å²) in [7, 11) is -0.432. The zero-order valence-electron chi connectivity index (χ0n) is 29.5. The lowest BCUT2D eigenvalue weighted by molar-refractivity contribution is -0.0177. The van der Waals surface area contributed by atoms with Gasteiger partial charge in [-0.2, -0.15) is 0 Å². The van der Waals surface area contributed by atoms with Gasteiger partial charge in [0.1, 0.15) is 11.5 Å². The van der Waals surface area contributed by atoms with Crippen LogP contribution in [0.2, 0.25) is 0 Å². The molecule has 12 nitrogen and oxygen atoms in total. The normalized spacial score (nSPS) is 20.8. The standard InChI is InChI=1S/C37H49N3O9S/c1-25-20-40(26(2)23-41)37(42)32-19-29(38-50(43,44)31-13-11-30(45-5)12-14-31)10-16-33(32)49-27(3)8-6-7-17-46-36(25)22-39(4)21-28-9-15-34-35(18-28)48-24-47-34/h9-16,18-19,25-27,36,38,41H,6-8,17,20-24H2,1-5H3/t25-,26+,27+,36-/m0/s1. The Morgan fingerprint density at radius 1 is 1.02 bits per heavy atom. The third kappa shape index (κ3) is 9.39. The molecule has 1 amide bonds. The molecule has 272 valence electrons. The van der Waals surface area contributed by atoms with E-state index < -0.39 is 16.1 Å². The number of anilines is 1. The second-order valence-corrected chi connectivity index (χ2v) is 14.9. The SMILES string of the molecule is COc1ccc(S(=O)(=O)Nc2ccc3c(c2)C(=O)N([C@H](C)CO)C[C@H](C)[C@H](CN(C)Cc2ccc4c(c2)OCO4)OCCCC[C@@H](C)O3)cc1. The number of nitrogens with one attached hydrogen (secondary N) is 1. The Labute approximate surface area is 295 Å². The van der Waals surface area contributed by atoms with Crippen LogP contribution in [-0.4, -0.2) is 94.7 Å². The minimum absolute atomic E-state index is 0.0495. The van der Waals surface area contributed by atoms with Crippen molar-refractivity contribution in [3.63, 3.8) is 0 Å². The number of methoxy groups -OCH3 is 1. The van der Waals surface area contributed by atoms with E-state index in [4.69, 9.17) is 23.7 Å². The maximum Gasteiger partial charge on any atom is 0.261 e. The fraction of sp³-hybridized carbons (Fsp3) is 0.486. The summed E-state index contributed by atoms with van der Waals surface area (Å²) in [6, 6.07) is 16.2. The van der Waals surface area contributed by atoms with Gasteiger partial charge in [-0.25, -0.2) is 8.42 Å². The van der Waals surface area contributed by atoms with Gasteiger partial charge in [-0.05, 0) is 100 Å². The first kappa shape index (κ1) is 37.2. The number of rotatable bonds is 10. The molecule has 0 fully saturated rings. The lowest BCUT2D eigenvalue weighted by Crippen LogP contribution is -2.47. The van der Waals surface area contributed by atoms with E-state index in [-0.39, 0.29) is 53.6 Å². The van der Waals surface area contributed by atoms with Crippen LogP contribution in [0.4, 0.5) is 5.69 Å². The number of likely N-dealkylation sites (N-methyl/N-ethyl adjacent to an activating group) is 1. The molecule has 4 atom stereocenters. The van der Waals surface area contributed by atoms with Crippen molar-refractivity contribution in [3.05, 3.63) is 71.8 Å². The molecule has 0 unspecified atom stereocenters. The van der Waals surface area contributed by atoms with Crippen LogP contribution in [0.15, 0.2) is 65.6 Å². The molecule has 0 saturated heterocycles. The van der Waals surface area contributed by atoms with Crippen molar-refractivity contribution in [2.45, 2.75) is 69.7 Å². The molecule has 2 N–H and O–H groups in total. The highest BCUT2D eigenvalue weighted by molar-refractivity contribution is 7.92. The molecule has 0 spiro atoms. The van der Waals surface area contributed by atoms with Crippen molar-refractivity contribution < 1.29 is 42.0 Å². The Morgan fingerprint density at radius 3 is 2.50 bits per heavy atom. The third-order valence-electron chi connectivity index (χ3n) is 9.05. The Hall–Kier alpha value is -4.04. The molecule has 0 saturated carbocycles. The van der Waals surface area contributed by atoms with Crippen LogP contribution in [0.5, 0.6) is 23.0 Å². The number of amides is 1. The van der Waals surface area contributed by atoms with Crippen molar-refractivity contribution in [2.24, 2.45) is 5.92 Å². The van der Waals surface area contributed by atoms with Crippen LogP contribution < -0.4 is 23.7 Å². The molecule has 0 aromatic heterocycles. The molecular weight excluding hydrogens is 662 g/mol. The fourth-order valence-electron chi connectivity index (χ4n) is 6.14. The average Bonchev–Trinajstić information content (AvgIpc) is 3.57. The predicted octanol–water partition coefficient (Wildman–Crippen LogP) is 5.15. The van der Waals surface area contributed by atoms with E-state index in [0.717, 1.165) is 36.3 Å². The van der Waals surface area contributed by atoms with Crippen LogP contribution >= 0.6 is 0 Å². The fourth-order valence-corrected chi connectivity index (χ4v) is 7.19. The Morgan fingerprint density at radius 2 is 1.76 bits per heavy atom. The summed E-state index contributed by atoms with van der Waals surface area (Å²) in [6.45, 7) is 7.88. The number of benzene rings is 3. The number of fused-ring (bicyclic) bond motifs is 2. The van der Waals surface area contributed by atoms with Crippen molar-refractivity contribution >= 4 is 21.6 Å². The number of ether oxygens (including phenoxy) is 5. The predicted molar refractivity (Wildman–Crippen MR) is 190 cm³/mol. The van der Waals surface area contributed by atoms with Crippen LogP contribution in [0, 0.1) is 5.92 Å². The van der Waals surface area contributed by atoms with Crippen LogP contribution in [0.25, 0.3) is 0 Å². The van der Waals surface area contributed by atoms with Gasteiger partial charge in [0, 0.05) is 37.8 Å². The molecule has 50 heavy (non-hydrogen) atoms. The molecule has 0 radical (unpaired) electrons. The number of carbonyl (C=O) groups excluding carboxylic acids is 1. The van der Waals surface area contributed by atoms with Crippen LogP contribution in [-0.2, 0) is 21.3 Å². The molecule has 3 aromatic carbocycles. The molecule has 2 heterocycles. The highest BCUT2D eigenvalue weighted by Crippen LogP contribution is 2.33. The molecule has 3 aromatic rings. The molecule has 2 aliphatic rings. The minimum Gasteiger partial charge on any atom is -0.497 e. The topological polar surface area (TPSA) is 136 Å². The Bertz CT molecular complexity index is 1700. The molecule has 13 heteroatoms. The smallest absolute Gasteiger partial charge is 0.261 e. The Balaban J connectivity index is 1.40. The zero-order valence-corrected chi connectivity index (χ0v) is 30.3. The van der Waals surface area contributed by atoms with E-state index in [1.54, 1.807) is 36.1 Å². The second kappa shape index (κ2) is 16.8.